The molecule has 0 unspecified atom stereocenters. The number of hydrogen-bond donors (Lipinski definition) is 0. The molecule has 0 saturated carbocycles. The summed E-state index contributed by atoms with van der Waals surface area (Å²) in [5.41, 5.74) is 0. The highest BCUT2D eigenvalue weighted by atomic mass is 32.2. The zero-order chi connectivity index (χ0) is 11.9. The van der Waals surface area contributed by atoms with Crippen molar-refractivity contribution in [1.29, 1.82) is 0 Å². The highest BCUT2D eigenvalue weighted by Gasteiger charge is 2.32. The lowest BCUT2D eigenvalue weighted by molar-refractivity contribution is 0.169. The van der Waals surface area contributed by atoms with E-state index in [-0.39, 0.29) is 19.0 Å². The van der Waals surface area contributed by atoms with Crippen molar-refractivity contribution in [2.75, 3.05) is 19.0 Å². The summed E-state index contributed by atoms with van der Waals surface area (Å²) in [6.07, 6.45) is 0.376. The second-order valence-electron chi connectivity index (χ2n) is 2.62. The summed E-state index contributed by atoms with van der Waals surface area (Å²) in [5, 5.41) is 0. The molecule has 0 aliphatic carbocycles. The Bertz CT molecular complexity index is 301. The van der Waals surface area contributed by atoms with Gasteiger partial charge in [0.1, 0.15) is 0 Å². The fraction of sp³-hybridized carbons (Fsp3) is 1.00. The minimum Gasteiger partial charge on any atom is -0.286 e. The first-order chi connectivity index (χ1) is 6.89. The Labute approximate surface area is 90.7 Å². The van der Waals surface area contributed by atoms with Gasteiger partial charge in [-0.05, 0) is 20.3 Å². The molecular formula is C7H17O6PS. The quantitative estimate of drug-likeness (QED) is 0.620. The van der Waals surface area contributed by atoms with E-state index in [9.17, 15) is 13.0 Å². The van der Waals surface area contributed by atoms with Gasteiger partial charge in [0.05, 0.1) is 19.0 Å². The molecule has 0 radical (unpaired) electrons. The van der Waals surface area contributed by atoms with Crippen LogP contribution >= 0.6 is 7.82 Å². The summed E-state index contributed by atoms with van der Waals surface area (Å²) in [6.45, 7) is 4.92. The number of hydrogen-bond acceptors (Lipinski definition) is 6. The fourth-order valence-corrected chi connectivity index (χ4v) is 3.78. The van der Waals surface area contributed by atoms with E-state index in [0.717, 1.165) is 0 Å². The van der Waals surface area contributed by atoms with Crippen LogP contribution in [0.25, 0.3) is 0 Å². The normalized spacial score (nSPS) is 13.0. The zero-order valence-corrected chi connectivity index (χ0v) is 10.8. The molecule has 0 N–H and O–H groups in total. The van der Waals surface area contributed by atoms with Gasteiger partial charge in [-0.25, -0.2) is 4.57 Å². The maximum absolute atomic E-state index is 11.7. The van der Waals surface area contributed by atoms with Gasteiger partial charge in [-0.2, -0.15) is 12.4 Å². The molecule has 92 valence electrons. The van der Waals surface area contributed by atoms with Gasteiger partial charge < -0.3 is 0 Å². The van der Waals surface area contributed by atoms with E-state index >= 15 is 0 Å². The first-order valence-corrected chi connectivity index (χ1v) is 7.76. The van der Waals surface area contributed by atoms with Gasteiger partial charge in [0.2, 0.25) is 0 Å². The Balaban J connectivity index is 4.61. The molecule has 6 nitrogen and oxygen atoms in total. The third-order valence-corrected chi connectivity index (χ3v) is 4.93. The van der Waals surface area contributed by atoms with Crippen molar-refractivity contribution in [3.8, 4) is 0 Å². The van der Waals surface area contributed by atoms with Crippen molar-refractivity contribution in [3.05, 3.63) is 0 Å². The van der Waals surface area contributed by atoms with Crippen LogP contribution in [0.2, 0.25) is 0 Å². The lowest BCUT2D eigenvalue weighted by Gasteiger charge is -2.15. The summed E-state index contributed by atoms with van der Waals surface area (Å²) < 4.78 is 47.9. The van der Waals surface area contributed by atoms with Gasteiger partial charge in [-0.15, -0.1) is 0 Å². The minimum atomic E-state index is -3.96. The molecule has 0 saturated heterocycles. The van der Waals surface area contributed by atoms with Crippen molar-refractivity contribution in [2.45, 2.75) is 27.2 Å². The number of phosphoric acid groups is 1. The van der Waals surface area contributed by atoms with E-state index in [4.69, 9.17) is 0 Å². The smallest absolute Gasteiger partial charge is 0.286 e. The van der Waals surface area contributed by atoms with Gasteiger partial charge in [-0.1, -0.05) is 6.92 Å². The second-order valence-corrected chi connectivity index (χ2v) is 6.15. The topological polar surface area (TPSA) is 78.9 Å². The van der Waals surface area contributed by atoms with E-state index < -0.39 is 17.9 Å². The Morgan fingerprint density at radius 3 is 1.87 bits per heavy atom. The standard InChI is InChI=1S/C7H17O6PS/c1-4-7-15(9,10)13-14(8,11-5-2)12-6-3/h4-7H2,1-3H3. The molecule has 0 bridgehead atoms. The largest absolute Gasteiger partial charge is 0.489 e. The molecule has 8 heteroatoms. The van der Waals surface area contributed by atoms with Gasteiger partial charge in [-0.3, -0.25) is 9.05 Å². The van der Waals surface area contributed by atoms with E-state index in [1.165, 1.54) is 0 Å². The molecule has 0 heterocycles. The summed E-state index contributed by atoms with van der Waals surface area (Å²) >= 11 is 0. The maximum atomic E-state index is 11.7. The van der Waals surface area contributed by atoms with E-state index in [1.54, 1.807) is 20.8 Å². The van der Waals surface area contributed by atoms with Crippen LogP contribution in [-0.4, -0.2) is 27.4 Å². The molecule has 0 fully saturated rings. The van der Waals surface area contributed by atoms with Crippen LogP contribution in [0.5, 0.6) is 0 Å². The molecule has 0 aromatic heterocycles. The molecule has 0 rings (SSSR count). The van der Waals surface area contributed by atoms with Crippen molar-refractivity contribution in [2.24, 2.45) is 0 Å². The lowest BCUT2D eigenvalue weighted by atomic mass is 10.6. The van der Waals surface area contributed by atoms with Gasteiger partial charge in [0.25, 0.3) is 10.1 Å². The predicted molar refractivity (Wildman–Crippen MR) is 56.0 cm³/mol. The van der Waals surface area contributed by atoms with Crippen LogP contribution < -0.4 is 0 Å². The van der Waals surface area contributed by atoms with Crippen molar-refractivity contribution >= 4 is 17.9 Å². The molecule has 0 spiro atoms. The molecule has 0 amide bonds. The predicted octanol–water partition coefficient (Wildman–Crippen LogP) is 1.92. The first-order valence-electron chi connectivity index (χ1n) is 4.72. The van der Waals surface area contributed by atoms with Crippen LogP contribution in [-0.2, 0) is 27.7 Å². The van der Waals surface area contributed by atoms with Crippen molar-refractivity contribution in [3.63, 3.8) is 0 Å². The molecule has 15 heavy (non-hydrogen) atoms. The van der Waals surface area contributed by atoms with Crippen molar-refractivity contribution in [1.82, 2.24) is 0 Å². The van der Waals surface area contributed by atoms with E-state index in [1.807, 2.05) is 0 Å². The summed E-state index contributed by atoms with van der Waals surface area (Å²) in [6, 6.07) is 0. The lowest BCUT2D eigenvalue weighted by Crippen LogP contribution is -2.11. The Hall–Kier alpha value is 0.0600. The monoisotopic (exact) mass is 260 g/mol. The van der Waals surface area contributed by atoms with E-state index in [2.05, 4.69) is 13.0 Å². The van der Waals surface area contributed by atoms with Crippen LogP contribution in [0, 0.1) is 0 Å². The van der Waals surface area contributed by atoms with Crippen LogP contribution in [0.4, 0.5) is 0 Å². The second kappa shape index (κ2) is 6.60. The maximum Gasteiger partial charge on any atom is 0.489 e. The fourth-order valence-electron chi connectivity index (χ4n) is 0.823. The van der Waals surface area contributed by atoms with E-state index in [0.29, 0.717) is 6.42 Å². The highest BCUT2D eigenvalue weighted by molar-refractivity contribution is 7.90. The SMILES string of the molecule is CCCS(=O)(=O)OP(=O)(OCC)OCC. The minimum absolute atomic E-state index is 0.0545. The number of phosphoric ester groups is 1. The first kappa shape index (κ1) is 15.1. The molecule has 0 aliphatic rings. The molecule has 0 aromatic rings. The van der Waals surface area contributed by atoms with Crippen LogP contribution in [0.15, 0.2) is 0 Å². The third kappa shape index (κ3) is 6.27. The summed E-state index contributed by atoms with van der Waals surface area (Å²) in [5.74, 6) is -0.211. The molecule has 0 atom stereocenters. The molecule has 0 aromatic carbocycles. The Kier molecular flexibility index (Phi) is 6.63. The van der Waals surface area contributed by atoms with Gasteiger partial charge in [0, 0.05) is 0 Å². The Morgan fingerprint density at radius 2 is 1.53 bits per heavy atom. The zero-order valence-electron chi connectivity index (χ0n) is 9.13. The summed E-state index contributed by atoms with van der Waals surface area (Å²) in [4.78, 5) is 0. The summed E-state index contributed by atoms with van der Waals surface area (Å²) in [7, 11) is -7.81. The van der Waals surface area contributed by atoms with Crippen LogP contribution in [0.1, 0.15) is 27.2 Å². The number of rotatable bonds is 8. The molecular weight excluding hydrogens is 243 g/mol. The Morgan fingerprint density at radius 1 is 1.07 bits per heavy atom. The van der Waals surface area contributed by atoms with Crippen LogP contribution in [0.3, 0.4) is 0 Å². The van der Waals surface area contributed by atoms with Gasteiger partial charge >= 0.3 is 7.82 Å². The average molecular weight is 260 g/mol. The highest BCUT2D eigenvalue weighted by Crippen LogP contribution is 2.50. The molecule has 0 aliphatic heterocycles. The third-order valence-electron chi connectivity index (χ3n) is 1.23. The van der Waals surface area contributed by atoms with Gasteiger partial charge in [0.15, 0.2) is 0 Å². The van der Waals surface area contributed by atoms with Crippen molar-refractivity contribution < 1.29 is 26.0 Å². The average Bonchev–Trinajstić information content (AvgIpc) is 2.02.